The average Bonchev–Trinajstić information content (AvgIpc) is 2.93. The number of aromatic nitrogens is 2. The van der Waals surface area contributed by atoms with Crippen molar-refractivity contribution in [2.24, 2.45) is 0 Å². The number of nitrogen functional groups attached to an aromatic ring is 1. The number of carboxylic acids is 1. The lowest BCUT2D eigenvalue weighted by Gasteiger charge is -2.11. The Morgan fingerprint density at radius 2 is 2.24 bits per heavy atom. The second-order valence-corrected chi connectivity index (χ2v) is 4.86. The summed E-state index contributed by atoms with van der Waals surface area (Å²) in [5.74, 6) is -0.884. The standard InChI is InChI=1S/C15H19N3O3/c1-3-10(2)18-8-7-11(17-18)9-21-14-12(15(19)20)5-4-6-13(14)16/h4-8,10H,3,9,16H2,1-2H3,(H,19,20). The summed E-state index contributed by atoms with van der Waals surface area (Å²) in [4.78, 5) is 11.2. The molecule has 112 valence electrons. The minimum Gasteiger partial charge on any atom is -0.484 e. The highest BCUT2D eigenvalue weighted by molar-refractivity contribution is 5.93. The largest absolute Gasteiger partial charge is 0.484 e. The van der Waals surface area contributed by atoms with Crippen LogP contribution in [0, 0.1) is 0 Å². The van der Waals surface area contributed by atoms with Gasteiger partial charge in [0.2, 0.25) is 0 Å². The van der Waals surface area contributed by atoms with E-state index in [2.05, 4.69) is 18.9 Å². The summed E-state index contributed by atoms with van der Waals surface area (Å²) >= 11 is 0. The van der Waals surface area contributed by atoms with Gasteiger partial charge in [-0.2, -0.15) is 5.10 Å². The van der Waals surface area contributed by atoms with E-state index in [0.29, 0.717) is 11.7 Å². The fourth-order valence-corrected chi connectivity index (χ4v) is 1.92. The van der Waals surface area contributed by atoms with Crippen molar-refractivity contribution in [1.82, 2.24) is 9.78 Å². The van der Waals surface area contributed by atoms with Crippen molar-refractivity contribution in [3.63, 3.8) is 0 Å². The van der Waals surface area contributed by atoms with Crippen LogP contribution in [0.15, 0.2) is 30.5 Å². The summed E-state index contributed by atoms with van der Waals surface area (Å²) in [6.45, 7) is 4.35. The summed E-state index contributed by atoms with van der Waals surface area (Å²) in [7, 11) is 0. The van der Waals surface area contributed by atoms with Crippen molar-refractivity contribution >= 4 is 11.7 Å². The molecule has 6 heteroatoms. The van der Waals surface area contributed by atoms with Gasteiger partial charge in [0.1, 0.15) is 12.2 Å². The van der Waals surface area contributed by atoms with Gasteiger partial charge in [-0.25, -0.2) is 4.79 Å². The molecule has 1 aromatic carbocycles. The van der Waals surface area contributed by atoms with Gasteiger partial charge < -0.3 is 15.6 Å². The highest BCUT2D eigenvalue weighted by atomic mass is 16.5. The van der Waals surface area contributed by atoms with Crippen LogP contribution in [-0.4, -0.2) is 20.9 Å². The third kappa shape index (κ3) is 3.34. The molecular formula is C15H19N3O3. The molecular weight excluding hydrogens is 270 g/mol. The van der Waals surface area contributed by atoms with Gasteiger partial charge in [0.25, 0.3) is 0 Å². The van der Waals surface area contributed by atoms with E-state index in [4.69, 9.17) is 15.6 Å². The smallest absolute Gasteiger partial charge is 0.339 e. The molecule has 0 saturated heterocycles. The lowest BCUT2D eigenvalue weighted by molar-refractivity contribution is 0.0692. The Labute approximate surface area is 123 Å². The van der Waals surface area contributed by atoms with Gasteiger partial charge in [0.05, 0.1) is 11.4 Å². The number of aromatic carboxylic acids is 1. The summed E-state index contributed by atoms with van der Waals surface area (Å²) < 4.78 is 7.43. The first-order valence-electron chi connectivity index (χ1n) is 6.81. The molecule has 2 rings (SSSR count). The summed E-state index contributed by atoms with van der Waals surface area (Å²) in [6.07, 6.45) is 2.87. The van der Waals surface area contributed by atoms with Crippen LogP contribution in [0.3, 0.4) is 0 Å². The third-order valence-corrected chi connectivity index (χ3v) is 3.35. The second-order valence-electron chi connectivity index (χ2n) is 4.86. The van der Waals surface area contributed by atoms with Gasteiger partial charge in [-0.3, -0.25) is 4.68 Å². The second kappa shape index (κ2) is 6.30. The first-order valence-corrected chi connectivity index (χ1v) is 6.81. The number of para-hydroxylation sites is 1. The number of carboxylic acid groups (broad SMARTS) is 1. The Morgan fingerprint density at radius 3 is 2.90 bits per heavy atom. The quantitative estimate of drug-likeness (QED) is 0.798. The number of hydrogen-bond donors (Lipinski definition) is 2. The predicted octanol–water partition coefficient (Wildman–Crippen LogP) is 2.71. The zero-order chi connectivity index (χ0) is 15.4. The summed E-state index contributed by atoms with van der Waals surface area (Å²) in [5, 5.41) is 13.5. The Hall–Kier alpha value is -2.50. The van der Waals surface area contributed by atoms with E-state index < -0.39 is 5.97 Å². The van der Waals surface area contributed by atoms with Gasteiger partial charge in [-0.15, -0.1) is 0 Å². The topological polar surface area (TPSA) is 90.4 Å². The Balaban J connectivity index is 2.13. The maximum Gasteiger partial charge on any atom is 0.339 e. The number of carbonyl (C=O) groups is 1. The molecule has 1 atom stereocenters. The van der Waals surface area contributed by atoms with Crippen LogP contribution < -0.4 is 10.5 Å². The molecule has 3 N–H and O–H groups in total. The van der Waals surface area contributed by atoms with Gasteiger partial charge >= 0.3 is 5.97 Å². The molecule has 0 aliphatic rings. The molecule has 1 unspecified atom stereocenters. The summed E-state index contributed by atoms with van der Waals surface area (Å²) in [6, 6.07) is 6.83. The van der Waals surface area contributed by atoms with E-state index in [1.54, 1.807) is 12.1 Å². The molecule has 0 amide bonds. The summed E-state index contributed by atoms with van der Waals surface area (Å²) in [5.41, 5.74) is 6.87. The van der Waals surface area contributed by atoms with Crippen molar-refractivity contribution in [3.05, 3.63) is 41.7 Å². The fraction of sp³-hybridized carbons (Fsp3) is 0.333. The number of nitrogens with two attached hydrogens (primary N) is 1. The van der Waals surface area contributed by atoms with Gasteiger partial charge in [0, 0.05) is 12.2 Å². The van der Waals surface area contributed by atoms with Crippen LogP contribution in [-0.2, 0) is 6.61 Å². The van der Waals surface area contributed by atoms with Crippen LogP contribution in [0.25, 0.3) is 0 Å². The highest BCUT2D eigenvalue weighted by Gasteiger charge is 2.14. The number of hydrogen-bond acceptors (Lipinski definition) is 4. The SMILES string of the molecule is CCC(C)n1ccc(COc2c(N)cccc2C(=O)O)n1. The first-order chi connectivity index (χ1) is 10.0. The lowest BCUT2D eigenvalue weighted by Crippen LogP contribution is -2.08. The van der Waals surface area contributed by atoms with Gasteiger partial charge in [0.15, 0.2) is 5.75 Å². The van der Waals surface area contributed by atoms with Crippen molar-refractivity contribution < 1.29 is 14.6 Å². The van der Waals surface area contributed by atoms with Gasteiger partial charge in [-0.05, 0) is 31.5 Å². The molecule has 0 radical (unpaired) electrons. The first kappa shape index (κ1) is 14.9. The Kier molecular flexibility index (Phi) is 4.47. The molecule has 6 nitrogen and oxygen atoms in total. The zero-order valence-electron chi connectivity index (χ0n) is 12.1. The van der Waals surface area contributed by atoms with Crippen LogP contribution in [0.1, 0.15) is 42.4 Å². The minimum atomic E-state index is -1.07. The molecule has 0 aliphatic carbocycles. The van der Waals surface area contributed by atoms with Crippen LogP contribution in [0.4, 0.5) is 5.69 Å². The monoisotopic (exact) mass is 289 g/mol. The van der Waals surface area contributed by atoms with E-state index in [-0.39, 0.29) is 17.9 Å². The predicted molar refractivity (Wildman–Crippen MR) is 79.4 cm³/mol. The van der Waals surface area contributed by atoms with Crippen molar-refractivity contribution in [1.29, 1.82) is 0 Å². The lowest BCUT2D eigenvalue weighted by atomic mass is 10.2. The molecule has 21 heavy (non-hydrogen) atoms. The highest BCUT2D eigenvalue weighted by Crippen LogP contribution is 2.27. The molecule has 0 aliphatic heterocycles. The van der Waals surface area contributed by atoms with E-state index in [1.165, 1.54) is 6.07 Å². The van der Waals surface area contributed by atoms with Crippen molar-refractivity contribution in [3.8, 4) is 5.75 Å². The maximum absolute atomic E-state index is 11.2. The maximum atomic E-state index is 11.2. The number of anilines is 1. The van der Waals surface area contributed by atoms with Gasteiger partial charge in [-0.1, -0.05) is 13.0 Å². The molecule has 2 aromatic rings. The van der Waals surface area contributed by atoms with Crippen molar-refractivity contribution in [2.75, 3.05) is 5.73 Å². The Morgan fingerprint density at radius 1 is 1.48 bits per heavy atom. The number of benzene rings is 1. The van der Waals surface area contributed by atoms with Crippen molar-refractivity contribution in [2.45, 2.75) is 32.9 Å². The molecule has 0 fully saturated rings. The van der Waals surface area contributed by atoms with E-state index in [1.807, 2.05) is 16.9 Å². The number of rotatable bonds is 6. The Bertz CT molecular complexity index is 637. The third-order valence-electron chi connectivity index (χ3n) is 3.35. The van der Waals surface area contributed by atoms with Crippen LogP contribution in [0.2, 0.25) is 0 Å². The van der Waals surface area contributed by atoms with Crippen LogP contribution >= 0.6 is 0 Å². The minimum absolute atomic E-state index is 0.0522. The average molecular weight is 289 g/mol. The number of ether oxygens (including phenoxy) is 1. The fourth-order valence-electron chi connectivity index (χ4n) is 1.92. The zero-order valence-corrected chi connectivity index (χ0v) is 12.1. The van der Waals surface area contributed by atoms with E-state index in [0.717, 1.165) is 12.1 Å². The van der Waals surface area contributed by atoms with Crippen LogP contribution in [0.5, 0.6) is 5.75 Å². The van der Waals surface area contributed by atoms with E-state index >= 15 is 0 Å². The number of nitrogens with zero attached hydrogens (tertiary/aromatic N) is 2. The molecule has 0 bridgehead atoms. The molecule has 1 heterocycles. The molecule has 0 spiro atoms. The molecule has 0 saturated carbocycles. The molecule has 1 aromatic heterocycles. The normalized spacial score (nSPS) is 12.1. The van der Waals surface area contributed by atoms with E-state index in [9.17, 15) is 4.79 Å².